The van der Waals surface area contributed by atoms with E-state index >= 15 is 0 Å². The first-order chi connectivity index (χ1) is 12.7. The second-order valence-electron chi connectivity index (χ2n) is 6.84. The Hall–Kier alpha value is -2.33. The minimum atomic E-state index is 0.221. The van der Waals surface area contributed by atoms with Gasteiger partial charge in [-0.1, -0.05) is 42.5 Å². The van der Waals surface area contributed by atoms with Crippen molar-refractivity contribution in [3.63, 3.8) is 0 Å². The molecule has 0 atom stereocenters. The van der Waals surface area contributed by atoms with Gasteiger partial charge in [-0.15, -0.1) is 0 Å². The predicted molar refractivity (Wildman–Crippen MR) is 104 cm³/mol. The van der Waals surface area contributed by atoms with Crippen molar-refractivity contribution in [1.29, 1.82) is 0 Å². The first-order valence-corrected chi connectivity index (χ1v) is 9.41. The average Bonchev–Trinajstić information content (AvgIpc) is 2.70. The largest absolute Gasteiger partial charge is 0.497 e. The van der Waals surface area contributed by atoms with Gasteiger partial charge in [0.25, 0.3) is 0 Å². The van der Waals surface area contributed by atoms with E-state index in [4.69, 9.17) is 4.74 Å². The highest BCUT2D eigenvalue weighted by Gasteiger charge is 2.20. The molecule has 2 aromatic carbocycles. The summed E-state index contributed by atoms with van der Waals surface area (Å²) in [7, 11) is 1.65. The van der Waals surface area contributed by atoms with Gasteiger partial charge >= 0.3 is 0 Å². The quantitative estimate of drug-likeness (QED) is 0.768. The molecule has 1 saturated heterocycles. The molecule has 0 unspecified atom stereocenters. The zero-order valence-corrected chi connectivity index (χ0v) is 15.6. The summed E-state index contributed by atoms with van der Waals surface area (Å²) in [5.74, 6) is 1.05. The lowest BCUT2D eigenvalue weighted by molar-refractivity contribution is -0.132. The fraction of sp³-hybridized carbons (Fsp3) is 0.409. The summed E-state index contributed by atoms with van der Waals surface area (Å²) in [4.78, 5) is 17.0. The van der Waals surface area contributed by atoms with Crippen molar-refractivity contribution in [2.75, 3.05) is 39.8 Å². The van der Waals surface area contributed by atoms with Crippen LogP contribution in [0.25, 0.3) is 0 Å². The van der Waals surface area contributed by atoms with E-state index in [1.54, 1.807) is 7.11 Å². The maximum Gasteiger partial charge on any atom is 0.227 e. The van der Waals surface area contributed by atoms with Gasteiger partial charge in [-0.05, 0) is 42.6 Å². The number of aryl methyl sites for hydroxylation is 1. The number of hydrogen-bond acceptors (Lipinski definition) is 3. The summed E-state index contributed by atoms with van der Waals surface area (Å²) in [6.07, 6.45) is 2.76. The first-order valence-electron chi connectivity index (χ1n) is 9.41. The Labute approximate surface area is 156 Å². The molecule has 138 valence electrons. The molecular weight excluding hydrogens is 324 g/mol. The smallest absolute Gasteiger partial charge is 0.227 e. The van der Waals surface area contributed by atoms with Crippen molar-refractivity contribution in [2.24, 2.45) is 0 Å². The summed E-state index contributed by atoms with van der Waals surface area (Å²) < 4.78 is 5.16. The number of amides is 1. The van der Waals surface area contributed by atoms with Crippen molar-refractivity contribution in [3.05, 3.63) is 65.7 Å². The van der Waals surface area contributed by atoms with E-state index in [0.29, 0.717) is 6.42 Å². The Kier molecular flexibility index (Phi) is 6.67. The third-order valence-electron chi connectivity index (χ3n) is 5.02. The van der Waals surface area contributed by atoms with Crippen molar-refractivity contribution >= 4 is 5.91 Å². The Morgan fingerprint density at radius 3 is 2.27 bits per heavy atom. The van der Waals surface area contributed by atoms with E-state index in [1.807, 2.05) is 29.2 Å². The number of piperazine rings is 1. The molecule has 1 heterocycles. The molecule has 0 bridgehead atoms. The summed E-state index contributed by atoms with van der Waals surface area (Å²) in [6, 6.07) is 18.4. The van der Waals surface area contributed by atoms with Crippen molar-refractivity contribution in [3.8, 4) is 5.75 Å². The predicted octanol–water partition coefficient (Wildman–Crippen LogP) is 3.01. The van der Waals surface area contributed by atoms with Crippen LogP contribution in [0, 0.1) is 0 Å². The Bertz CT molecular complexity index is 677. The van der Waals surface area contributed by atoms with Crippen LogP contribution in [0.5, 0.6) is 5.75 Å². The van der Waals surface area contributed by atoms with Crippen LogP contribution in [0.1, 0.15) is 17.5 Å². The Balaban J connectivity index is 1.37. The van der Waals surface area contributed by atoms with Crippen LogP contribution >= 0.6 is 0 Å². The SMILES string of the molecule is COc1ccc(CC(=O)N2CCN(CCCc3ccccc3)CC2)cc1. The van der Waals surface area contributed by atoms with E-state index in [1.165, 1.54) is 12.0 Å². The van der Waals surface area contributed by atoms with Gasteiger partial charge in [-0.25, -0.2) is 0 Å². The van der Waals surface area contributed by atoms with Gasteiger partial charge < -0.3 is 9.64 Å². The lowest BCUT2D eigenvalue weighted by Gasteiger charge is -2.34. The minimum absolute atomic E-state index is 0.221. The number of carbonyl (C=O) groups excluding carboxylic acids is 1. The number of nitrogens with zero attached hydrogens (tertiary/aromatic N) is 2. The maximum absolute atomic E-state index is 12.5. The Morgan fingerprint density at radius 2 is 1.62 bits per heavy atom. The van der Waals surface area contributed by atoms with Crippen molar-refractivity contribution in [2.45, 2.75) is 19.3 Å². The standard InChI is InChI=1S/C22H28N2O2/c1-26-21-11-9-20(10-12-21)18-22(25)24-16-14-23(15-17-24)13-5-8-19-6-3-2-4-7-19/h2-4,6-7,9-12H,5,8,13-18H2,1H3. The molecule has 1 amide bonds. The molecule has 1 aliphatic rings. The third kappa shape index (κ3) is 5.33. The van der Waals surface area contributed by atoms with E-state index in [9.17, 15) is 4.79 Å². The molecular formula is C22H28N2O2. The molecule has 0 spiro atoms. The van der Waals surface area contributed by atoms with Gasteiger partial charge in [0.2, 0.25) is 5.91 Å². The highest BCUT2D eigenvalue weighted by Crippen LogP contribution is 2.13. The van der Waals surface area contributed by atoms with Crippen LogP contribution in [0.15, 0.2) is 54.6 Å². The lowest BCUT2D eigenvalue weighted by atomic mass is 10.1. The van der Waals surface area contributed by atoms with Gasteiger partial charge in [-0.2, -0.15) is 0 Å². The summed E-state index contributed by atoms with van der Waals surface area (Å²) in [6.45, 7) is 4.72. The molecule has 1 aliphatic heterocycles. The highest BCUT2D eigenvalue weighted by molar-refractivity contribution is 5.78. The summed E-state index contributed by atoms with van der Waals surface area (Å²) in [5.41, 5.74) is 2.45. The number of ether oxygens (including phenoxy) is 1. The number of carbonyl (C=O) groups is 1. The summed E-state index contributed by atoms with van der Waals surface area (Å²) >= 11 is 0. The minimum Gasteiger partial charge on any atom is -0.497 e. The monoisotopic (exact) mass is 352 g/mol. The van der Waals surface area contributed by atoms with Crippen molar-refractivity contribution < 1.29 is 9.53 Å². The molecule has 0 aliphatic carbocycles. The molecule has 0 aromatic heterocycles. The van der Waals surface area contributed by atoms with Crippen LogP contribution in [-0.2, 0) is 17.6 Å². The first kappa shape index (κ1) is 18.5. The van der Waals surface area contributed by atoms with Crippen LogP contribution < -0.4 is 4.74 Å². The van der Waals surface area contributed by atoms with Gasteiger partial charge in [0.15, 0.2) is 0 Å². The molecule has 4 heteroatoms. The van der Waals surface area contributed by atoms with Crippen LogP contribution in [-0.4, -0.2) is 55.5 Å². The molecule has 0 radical (unpaired) electrons. The molecule has 2 aromatic rings. The lowest BCUT2D eigenvalue weighted by Crippen LogP contribution is -2.49. The van der Waals surface area contributed by atoms with E-state index < -0.39 is 0 Å². The molecule has 4 nitrogen and oxygen atoms in total. The number of methoxy groups -OCH3 is 1. The topological polar surface area (TPSA) is 32.8 Å². The van der Waals surface area contributed by atoms with E-state index in [0.717, 1.165) is 50.5 Å². The number of rotatable bonds is 7. The van der Waals surface area contributed by atoms with Crippen molar-refractivity contribution in [1.82, 2.24) is 9.80 Å². The molecule has 26 heavy (non-hydrogen) atoms. The van der Waals surface area contributed by atoms with Gasteiger partial charge in [0, 0.05) is 26.2 Å². The van der Waals surface area contributed by atoms with Crippen LogP contribution in [0.2, 0.25) is 0 Å². The van der Waals surface area contributed by atoms with Crippen LogP contribution in [0.3, 0.4) is 0 Å². The number of benzene rings is 2. The number of hydrogen-bond donors (Lipinski definition) is 0. The zero-order valence-electron chi connectivity index (χ0n) is 15.6. The van der Waals surface area contributed by atoms with E-state index in [-0.39, 0.29) is 5.91 Å². The zero-order chi connectivity index (χ0) is 18.2. The Morgan fingerprint density at radius 1 is 0.923 bits per heavy atom. The molecule has 3 rings (SSSR count). The normalized spacial score (nSPS) is 15.0. The van der Waals surface area contributed by atoms with Crippen LogP contribution in [0.4, 0.5) is 0 Å². The summed E-state index contributed by atoms with van der Waals surface area (Å²) in [5, 5.41) is 0. The molecule has 0 N–H and O–H groups in total. The fourth-order valence-corrected chi connectivity index (χ4v) is 3.40. The van der Waals surface area contributed by atoms with Gasteiger partial charge in [0.05, 0.1) is 13.5 Å². The van der Waals surface area contributed by atoms with E-state index in [2.05, 4.69) is 35.2 Å². The molecule has 0 saturated carbocycles. The second-order valence-corrected chi connectivity index (χ2v) is 6.84. The highest BCUT2D eigenvalue weighted by atomic mass is 16.5. The second kappa shape index (κ2) is 9.39. The maximum atomic E-state index is 12.5. The molecule has 1 fully saturated rings. The fourth-order valence-electron chi connectivity index (χ4n) is 3.40. The van der Waals surface area contributed by atoms with Gasteiger partial charge in [0.1, 0.15) is 5.75 Å². The average molecular weight is 352 g/mol. The van der Waals surface area contributed by atoms with Gasteiger partial charge in [-0.3, -0.25) is 9.69 Å². The third-order valence-corrected chi connectivity index (χ3v) is 5.02.